The average molecular weight is 290 g/mol. The average Bonchev–Trinajstić information content (AvgIpc) is 2.18. The first-order valence-electron chi connectivity index (χ1n) is 5.00. The number of hydrogen-bond donors (Lipinski definition) is 1. The first kappa shape index (κ1) is 12.9. The van der Waals surface area contributed by atoms with Crippen LogP contribution in [0.15, 0.2) is 33.6 Å². The van der Waals surface area contributed by atoms with E-state index in [0.29, 0.717) is 5.75 Å². The van der Waals surface area contributed by atoms with E-state index in [-0.39, 0.29) is 6.04 Å². The van der Waals surface area contributed by atoms with E-state index in [1.807, 2.05) is 24.3 Å². The third-order valence-corrected chi connectivity index (χ3v) is 4.09. The molecule has 1 N–H and O–H groups in total. The Morgan fingerprint density at radius 3 is 2.87 bits per heavy atom. The Labute approximate surface area is 102 Å². The number of halogens is 1. The van der Waals surface area contributed by atoms with E-state index >= 15 is 0 Å². The Morgan fingerprint density at radius 2 is 2.27 bits per heavy atom. The van der Waals surface area contributed by atoms with Crippen LogP contribution in [-0.4, -0.2) is 22.5 Å². The minimum Gasteiger partial charge on any atom is -0.314 e. The normalized spacial score (nSPS) is 14.9. The van der Waals surface area contributed by atoms with Crippen LogP contribution in [0.3, 0.4) is 0 Å². The summed E-state index contributed by atoms with van der Waals surface area (Å²) in [7, 11) is -0.918. The van der Waals surface area contributed by atoms with Gasteiger partial charge in [0.1, 0.15) is 0 Å². The molecule has 0 saturated heterocycles. The van der Waals surface area contributed by atoms with E-state index < -0.39 is 10.8 Å². The van der Waals surface area contributed by atoms with E-state index in [9.17, 15) is 4.21 Å². The van der Waals surface area contributed by atoms with Gasteiger partial charge in [0, 0.05) is 21.2 Å². The Kier molecular flexibility index (Phi) is 5.50. The smallest absolute Gasteiger partial charge is 0.0545 e. The van der Waals surface area contributed by atoms with Crippen LogP contribution in [0.25, 0.3) is 0 Å². The van der Waals surface area contributed by atoms with E-state index in [2.05, 4.69) is 35.1 Å². The Morgan fingerprint density at radius 1 is 1.53 bits per heavy atom. The summed E-state index contributed by atoms with van der Waals surface area (Å²) in [5.41, 5.74) is 0. The monoisotopic (exact) mass is 289 g/mol. The molecule has 2 unspecified atom stereocenters. The second-order valence-corrected chi connectivity index (χ2v) is 5.84. The molecule has 0 amide bonds. The molecule has 0 saturated carbocycles. The second-order valence-electron chi connectivity index (χ2n) is 3.43. The second kappa shape index (κ2) is 6.40. The van der Waals surface area contributed by atoms with E-state index in [4.69, 9.17) is 0 Å². The van der Waals surface area contributed by atoms with Crippen molar-refractivity contribution in [2.24, 2.45) is 0 Å². The van der Waals surface area contributed by atoms with Gasteiger partial charge in [-0.05, 0) is 31.7 Å². The van der Waals surface area contributed by atoms with Gasteiger partial charge in [-0.2, -0.15) is 0 Å². The van der Waals surface area contributed by atoms with Crippen molar-refractivity contribution >= 4 is 26.7 Å². The summed E-state index contributed by atoms with van der Waals surface area (Å²) in [5.74, 6) is 0.657. The van der Waals surface area contributed by atoms with Crippen LogP contribution in [0.1, 0.15) is 13.8 Å². The van der Waals surface area contributed by atoms with Gasteiger partial charge in [0.2, 0.25) is 0 Å². The van der Waals surface area contributed by atoms with Gasteiger partial charge in [-0.1, -0.05) is 28.9 Å². The lowest BCUT2D eigenvalue weighted by Crippen LogP contribution is -2.30. The molecule has 84 valence electrons. The van der Waals surface area contributed by atoms with Gasteiger partial charge in [-0.3, -0.25) is 4.21 Å². The van der Waals surface area contributed by atoms with Gasteiger partial charge < -0.3 is 5.32 Å². The molecule has 1 rings (SSSR count). The van der Waals surface area contributed by atoms with Gasteiger partial charge in [0.05, 0.1) is 10.8 Å². The van der Waals surface area contributed by atoms with Crippen molar-refractivity contribution in [3.05, 3.63) is 28.7 Å². The number of nitrogens with one attached hydrogen (secondary N) is 1. The first-order chi connectivity index (χ1) is 7.13. The Balaban J connectivity index is 2.61. The molecule has 0 aromatic heterocycles. The fraction of sp³-hybridized carbons (Fsp3) is 0.455. The highest BCUT2D eigenvalue weighted by molar-refractivity contribution is 9.10. The first-order valence-corrected chi connectivity index (χ1v) is 7.12. The molecule has 4 heteroatoms. The minimum absolute atomic E-state index is 0.287. The lowest BCUT2D eigenvalue weighted by atomic mass is 10.4. The molecule has 0 aliphatic heterocycles. The summed E-state index contributed by atoms with van der Waals surface area (Å²) in [6.07, 6.45) is 0. The molecule has 0 aliphatic carbocycles. The minimum atomic E-state index is -0.918. The summed E-state index contributed by atoms with van der Waals surface area (Å²) in [6, 6.07) is 7.95. The molecule has 2 atom stereocenters. The summed E-state index contributed by atoms with van der Waals surface area (Å²) in [5, 5.41) is 3.26. The number of benzene rings is 1. The van der Waals surface area contributed by atoms with Crippen LogP contribution in [-0.2, 0) is 10.8 Å². The zero-order valence-corrected chi connectivity index (χ0v) is 11.4. The van der Waals surface area contributed by atoms with E-state index in [1.165, 1.54) is 0 Å². The van der Waals surface area contributed by atoms with Crippen LogP contribution in [0, 0.1) is 0 Å². The van der Waals surface area contributed by atoms with Crippen molar-refractivity contribution in [1.82, 2.24) is 5.32 Å². The molecule has 0 fully saturated rings. The van der Waals surface area contributed by atoms with Crippen molar-refractivity contribution in [2.75, 3.05) is 12.3 Å². The van der Waals surface area contributed by atoms with Crippen LogP contribution >= 0.6 is 15.9 Å². The molecular weight excluding hydrogens is 274 g/mol. The lowest BCUT2D eigenvalue weighted by Gasteiger charge is -2.11. The van der Waals surface area contributed by atoms with Gasteiger partial charge in [0.25, 0.3) is 0 Å². The molecule has 0 aliphatic rings. The maximum Gasteiger partial charge on any atom is 0.0545 e. The number of rotatable bonds is 5. The van der Waals surface area contributed by atoms with E-state index in [1.54, 1.807) is 0 Å². The van der Waals surface area contributed by atoms with Gasteiger partial charge in [-0.25, -0.2) is 0 Å². The molecule has 0 bridgehead atoms. The van der Waals surface area contributed by atoms with Crippen LogP contribution in [0.5, 0.6) is 0 Å². The predicted molar refractivity (Wildman–Crippen MR) is 68.6 cm³/mol. The fourth-order valence-electron chi connectivity index (χ4n) is 1.34. The van der Waals surface area contributed by atoms with Crippen molar-refractivity contribution in [3.63, 3.8) is 0 Å². The maximum absolute atomic E-state index is 11.9. The SMILES string of the molecule is CCNC(C)CS(=O)c1cccc(Br)c1. The maximum atomic E-state index is 11.9. The van der Waals surface area contributed by atoms with Crippen LogP contribution < -0.4 is 5.32 Å². The highest BCUT2D eigenvalue weighted by Crippen LogP contribution is 2.15. The topological polar surface area (TPSA) is 29.1 Å². The largest absolute Gasteiger partial charge is 0.314 e. The highest BCUT2D eigenvalue weighted by atomic mass is 79.9. The number of hydrogen-bond acceptors (Lipinski definition) is 2. The zero-order valence-electron chi connectivity index (χ0n) is 9.00. The van der Waals surface area contributed by atoms with E-state index in [0.717, 1.165) is 15.9 Å². The van der Waals surface area contributed by atoms with Crippen LogP contribution in [0.4, 0.5) is 0 Å². The molecule has 1 aromatic rings. The molecule has 2 nitrogen and oxygen atoms in total. The third-order valence-electron chi connectivity index (χ3n) is 2.01. The highest BCUT2D eigenvalue weighted by Gasteiger charge is 2.08. The Hall–Kier alpha value is -0.190. The van der Waals surface area contributed by atoms with Crippen LogP contribution in [0.2, 0.25) is 0 Å². The standard InChI is InChI=1S/C11H16BrNOS/c1-3-13-9(2)8-15(14)11-6-4-5-10(12)7-11/h4-7,9,13H,3,8H2,1-2H3. The lowest BCUT2D eigenvalue weighted by molar-refractivity contribution is 0.607. The zero-order chi connectivity index (χ0) is 11.3. The van der Waals surface area contributed by atoms with Crippen molar-refractivity contribution in [2.45, 2.75) is 24.8 Å². The van der Waals surface area contributed by atoms with Crippen molar-refractivity contribution in [3.8, 4) is 0 Å². The third kappa shape index (κ3) is 4.45. The molecular formula is C11H16BrNOS. The summed E-state index contributed by atoms with van der Waals surface area (Å²) in [4.78, 5) is 0.883. The molecule has 0 heterocycles. The van der Waals surface area contributed by atoms with Gasteiger partial charge >= 0.3 is 0 Å². The summed E-state index contributed by atoms with van der Waals surface area (Å²) in [6.45, 7) is 5.02. The quantitative estimate of drug-likeness (QED) is 0.903. The molecule has 0 radical (unpaired) electrons. The molecule has 15 heavy (non-hydrogen) atoms. The Bertz CT molecular complexity index is 343. The summed E-state index contributed by atoms with van der Waals surface area (Å²) < 4.78 is 12.9. The van der Waals surface area contributed by atoms with Crippen molar-refractivity contribution < 1.29 is 4.21 Å². The van der Waals surface area contributed by atoms with Crippen molar-refractivity contribution in [1.29, 1.82) is 0 Å². The van der Waals surface area contributed by atoms with Gasteiger partial charge in [-0.15, -0.1) is 0 Å². The predicted octanol–water partition coefficient (Wildman–Crippen LogP) is 2.55. The molecule has 0 spiro atoms. The fourth-order valence-corrected chi connectivity index (χ4v) is 3.14. The van der Waals surface area contributed by atoms with Gasteiger partial charge in [0.15, 0.2) is 0 Å². The summed E-state index contributed by atoms with van der Waals surface area (Å²) >= 11 is 3.38. The molecule has 1 aromatic carbocycles.